The first-order valence-electron chi connectivity index (χ1n) is 8.80. The van der Waals surface area contributed by atoms with E-state index >= 15 is 0 Å². The topological polar surface area (TPSA) is 47.6 Å². The molecule has 0 atom stereocenters. The van der Waals surface area contributed by atoms with Crippen LogP contribution >= 0.6 is 0 Å². The molecule has 1 amide bonds. The number of methoxy groups -OCH3 is 1. The molecule has 0 fully saturated rings. The van der Waals surface area contributed by atoms with Crippen LogP contribution in [0.25, 0.3) is 0 Å². The Hall–Kier alpha value is -1.71. The molecule has 23 heavy (non-hydrogen) atoms. The molecule has 0 saturated heterocycles. The Labute approximate surface area is 140 Å². The van der Waals surface area contributed by atoms with Crippen molar-refractivity contribution in [3.05, 3.63) is 29.8 Å². The highest BCUT2D eigenvalue weighted by atomic mass is 16.5. The lowest BCUT2D eigenvalue weighted by molar-refractivity contribution is 0.170. The summed E-state index contributed by atoms with van der Waals surface area (Å²) in [5, 5.41) is 2.68. The van der Waals surface area contributed by atoms with Crippen LogP contribution in [0.5, 0.6) is 5.75 Å². The molecule has 130 valence electrons. The summed E-state index contributed by atoms with van der Waals surface area (Å²) in [5.41, 5.74) is 0.970. The fraction of sp³-hybridized carbons (Fsp3) is 0.632. The van der Waals surface area contributed by atoms with Gasteiger partial charge < -0.3 is 14.8 Å². The average Bonchev–Trinajstić information content (AvgIpc) is 2.59. The van der Waals surface area contributed by atoms with E-state index < -0.39 is 6.09 Å². The number of benzene rings is 1. The van der Waals surface area contributed by atoms with Crippen molar-refractivity contribution in [2.45, 2.75) is 64.8 Å². The number of unbranched alkanes of at least 4 members (excludes halogenated alkanes) is 7. The third-order valence-electron chi connectivity index (χ3n) is 3.84. The minimum Gasteiger partial charge on any atom is -0.493 e. The summed E-state index contributed by atoms with van der Waals surface area (Å²) in [5.74, 6) is 0.840. The predicted octanol–water partition coefficient (Wildman–Crippen LogP) is 5.06. The summed E-state index contributed by atoms with van der Waals surface area (Å²) in [7, 11) is 1.36. The third-order valence-corrected chi connectivity index (χ3v) is 3.84. The molecular weight excluding hydrogens is 290 g/mol. The van der Waals surface area contributed by atoms with E-state index in [-0.39, 0.29) is 0 Å². The molecule has 0 aliphatic heterocycles. The van der Waals surface area contributed by atoms with E-state index in [9.17, 15) is 4.79 Å². The molecule has 0 unspecified atom stereocenters. The normalized spacial score (nSPS) is 10.3. The molecule has 0 spiro atoms. The molecule has 0 heterocycles. The van der Waals surface area contributed by atoms with Crippen molar-refractivity contribution in [1.82, 2.24) is 5.32 Å². The van der Waals surface area contributed by atoms with Gasteiger partial charge in [-0.15, -0.1) is 0 Å². The van der Waals surface area contributed by atoms with E-state index in [1.165, 1.54) is 52.1 Å². The molecule has 1 rings (SSSR count). The Morgan fingerprint density at radius 1 is 1.00 bits per heavy atom. The van der Waals surface area contributed by atoms with Crippen molar-refractivity contribution in [1.29, 1.82) is 0 Å². The molecule has 1 N–H and O–H groups in total. The smallest absolute Gasteiger partial charge is 0.407 e. The van der Waals surface area contributed by atoms with Crippen LogP contribution in [-0.2, 0) is 11.3 Å². The molecular formula is C19H31NO3. The van der Waals surface area contributed by atoms with Gasteiger partial charge >= 0.3 is 6.09 Å². The SMILES string of the molecule is CCCCCCCCCCOc1ccccc1CNC(=O)OC. The Morgan fingerprint density at radius 3 is 2.35 bits per heavy atom. The van der Waals surface area contributed by atoms with E-state index in [0.717, 1.165) is 24.3 Å². The molecule has 4 heteroatoms. The quantitative estimate of drug-likeness (QED) is 0.547. The van der Waals surface area contributed by atoms with Gasteiger partial charge in [-0.25, -0.2) is 4.79 Å². The largest absolute Gasteiger partial charge is 0.493 e. The Bertz CT molecular complexity index is 434. The van der Waals surface area contributed by atoms with Crippen LogP contribution in [-0.4, -0.2) is 19.8 Å². The minimum atomic E-state index is -0.428. The molecule has 0 aliphatic rings. The standard InChI is InChI=1S/C19H31NO3/c1-3-4-5-6-7-8-9-12-15-23-18-14-11-10-13-17(18)16-20-19(21)22-2/h10-11,13-14H,3-9,12,15-16H2,1-2H3,(H,20,21). The summed E-state index contributed by atoms with van der Waals surface area (Å²) in [6, 6.07) is 7.79. The van der Waals surface area contributed by atoms with Crippen molar-refractivity contribution in [3.63, 3.8) is 0 Å². The Morgan fingerprint density at radius 2 is 1.65 bits per heavy atom. The first-order chi connectivity index (χ1) is 11.3. The van der Waals surface area contributed by atoms with Crippen molar-refractivity contribution in [2.75, 3.05) is 13.7 Å². The van der Waals surface area contributed by atoms with Gasteiger partial charge in [0.1, 0.15) is 5.75 Å². The van der Waals surface area contributed by atoms with Crippen molar-refractivity contribution in [3.8, 4) is 5.75 Å². The summed E-state index contributed by atoms with van der Waals surface area (Å²) in [4.78, 5) is 11.1. The maximum atomic E-state index is 11.1. The number of para-hydroxylation sites is 1. The zero-order chi connectivity index (χ0) is 16.8. The van der Waals surface area contributed by atoms with Crippen LogP contribution in [0.2, 0.25) is 0 Å². The maximum absolute atomic E-state index is 11.1. The first-order valence-corrected chi connectivity index (χ1v) is 8.80. The van der Waals surface area contributed by atoms with E-state index in [1.54, 1.807) is 0 Å². The average molecular weight is 321 g/mol. The van der Waals surface area contributed by atoms with Crippen molar-refractivity contribution in [2.24, 2.45) is 0 Å². The fourth-order valence-electron chi connectivity index (χ4n) is 2.45. The first kappa shape index (κ1) is 19.3. The van der Waals surface area contributed by atoms with Crippen LogP contribution in [0.4, 0.5) is 4.79 Å². The molecule has 0 saturated carbocycles. The van der Waals surface area contributed by atoms with Crippen LogP contribution < -0.4 is 10.1 Å². The number of carbonyl (C=O) groups is 1. The molecule has 0 radical (unpaired) electrons. The van der Waals surface area contributed by atoms with E-state index in [4.69, 9.17) is 4.74 Å². The Balaban J connectivity index is 2.18. The summed E-state index contributed by atoms with van der Waals surface area (Å²) < 4.78 is 10.4. The fourth-order valence-corrected chi connectivity index (χ4v) is 2.45. The monoisotopic (exact) mass is 321 g/mol. The van der Waals surface area contributed by atoms with Gasteiger partial charge in [0.2, 0.25) is 0 Å². The highest BCUT2D eigenvalue weighted by Gasteiger charge is 2.05. The van der Waals surface area contributed by atoms with Crippen molar-refractivity contribution >= 4 is 6.09 Å². The highest BCUT2D eigenvalue weighted by molar-refractivity contribution is 5.67. The van der Waals surface area contributed by atoms with Crippen molar-refractivity contribution < 1.29 is 14.3 Å². The lowest BCUT2D eigenvalue weighted by Gasteiger charge is -2.12. The van der Waals surface area contributed by atoms with Gasteiger partial charge in [-0.2, -0.15) is 0 Å². The van der Waals surface area contributed by atoms with Gasteiger partial charge in [0.25, 0.3) is 0 Å². The number of hydrogen-bond acceptors (Lipinski definition) is 3. The van der Waals surface area contributed by atoms with Gasteiger partial charge in [0.05, 0.1) is 13.7 Å². The summed E-state index contributed by atoms with van der Waals surface area (Å²) in [6.07, 6.45) is 9.88. The zero-order valence-corrected chi connectivity index (χ0v) is 14.6. The second-order valence-corrected chi connectivity index (χ2v) is 5.78. The number of alkyl carbamates (subject to hydrolysis) is 1. The van der Waals surface area contributed by atoms with Gasteiger partial charge in [-0.05, 0) is 12.5 Å². The molecule has 0 aromatic heterocycles. The number of carbonyl (C=O) groups excluding carboxylic acids is 1. The third kappa shape index (κ3) is 9.11. The number of rotatable bonds is 12. The molecule has 1 aromatic rings. The van der Waals surface area contributed by atoms with E-state index in [0.29, 0.717) is 6.54 Å². The minimum absolute atomic E-state index is 0.417. The lowest BCUT2D eigenvalue weighted by atomic mass is 10.1. The molecule has 0 aliphatic carbocycles. The number of hydrogen-bond donors (Lipinski definition) is 1. The molecule has 1 aromatic carbocycles. The number of amides is 1. The second-order valence-electron chi connectivity index (χ2n) is 5.78. The van der Waals surface area contributed by atoms with Gasteiger partial charge in [-0.3, -0.25) is 0 Å². The molecule has 4 nitrogen and oxygen atoms in total. The zero-order valence-electron chi connectivity index (χ0n) is 14.6. The predicted molar refractivity (Wildman–Crippen MR) is 93.8 cm³/mol. The summed E-state index contributed by atoms with van der Waals surface area (Å²) >= 11 is 0. The van der Waals surface area contributed by atoms with E-state index in [1.807, 2.05) is 24.3 Å². The second kappa shape index (κ2) is 12.8. The van der Waals surface area contributed by atoms with Crippen LogP contribution in [0.3, 0.4) is 0 Å². The highest BCUT2D eigenvalue weighted by Crippen LogP contribution is 2.18. The van der Waals surface area contributed by atoms with Crippen LogP contribution in [0.15, 0.2) is 24.3 Å². The molecule has 0 bridgehead atoms. The van der Waals surface area contributed by atoms with Crippen LogP contribution in [0, 0.1) is 0 Å². The summed E-state index contributed by atoms with van der Waals surface area (Å²) in [6.45, 7) is 3.39. The lowest BCUT2D eigenvalue weighted by Crippen LogP contribution is -2.22. The van der Waals surface area contributed by atoms with Gasteiger partial charge in [0.15, 0.2) is 0 Å². The Kier molecular flexibility index (Phi) is 10.8. The number of ether oxygens (including phenoxy) is 2. The maximum Gasteiger partial charge on any atom is 0.407 e. The van der Waals surface area contributed by atoms with E-state index in [2.05, 4.69) is 17.0 Å². The van der Waals surface area contributed by atoms with Gasteiger partial charge in [0, 0.05) is 12.1 Å². The van der Waals surface area contributed by atoms with Gasteiger partial charge in [-0.1, -0.05) is 70.1 Å². The van der Waals surface area contributed by atoms with Crippen LogP contribution in [0.1, 0.15) is 63.9 Å². The number of nitrogens with one attached hydrogen (secondary N) is 1.